The molecule has 2 aromatic carbocycles. The summed E-state index contributed by atoms with van der Waals surface area (Å²) in [5.74, 6) is -2.78. The molecule has 1 saturated heterocycles. The van der Waals surface area contributed by atoms with Crippen LogP contribution in [0.3, 0.4) is 0 Å². The van der Waals surface area contributed by atoms with E-state index in [1.165, 1.54) is 0 Å². The lowest BCUT2D eigenvalue weighted by atomic mass is 9.88. The SMILES string of the molecule is Cc1cc(C)c(NC(=O)CNC(=O)CN2CCC(C(=O)c3cc(F)ccc3F)CC2)c(C)c1. The van der Waals surface area contributed by atoms with Gasteiger partial charge in [0.1, 0.15) is 11.6 Å². The molecule has 0 unspecified atom stereocenters. The smallest absolute Gasteiger partial charge is 0.243 e. The zero-order valence-electron chi connectivity index (χ0n) is 19.1. The number of rotatable bonds is 7. The second kappa shape index (κ2) is 10.7. The van der Waals surface area contributed by atoms with Crippen molar-refractivity contribution >= 4 is 23.3 Å². The van der Waals surface area contributed by atoms with Gasteiger partial charge in [0, 0.05) is 11.6 Å². The van der Waals surface area contributed by atoms with E-state index >= 15 is 0 Å². The number of nitrogens with zero attached hydrogens (tertiary/aromatic N) is 1. The number of hydrogen-bond donors (Lipinski definition) is 2. The Balaban J connectivity index is 1.43. The summed E-state index contributed by atoms with van der Waals surface area (Å²) in [5, 5.41) is 5.47. The molecule has 6 nitrogen and oxygen atoms in total. The third-order valence-electron chi connectivity index (χ3n) is 5.91. The number of likely N-dealkylation sites (tertiary alicyclic amines) is 1. The number of ketones is 1. The lowest BCUT2D eigenvalue weighted by Gasteiger charge is -2.30. The molecule has 8 heteroatoms. The summed E-state index contributed by atoms with van der Waals surface area (Å²) < 4.78 is 27.3. The van der Waals surface area contributed by atoms with Crippen LogP contribution in [0.4, 0.5) is 14.5 Å². The summed E-state index contributed by atoms with van der Waals surface area (Å²) >= 11 is 0. The van der Waals surface area contributed by atoms with Crippen LogP contribution in [0.5, 0.6) is 0 Å². The fourth-order valence-electron chi connectivity index (χ4n) is 4.26. The van der Waals surface area contributed by atoms with Gasteiger partial charge in [-0.3, -0.25) is 19.3 Å². The maximum absolute atomic E-state index is 13.9. The molecular formula is C25H29F2N3O3. The van der Waals surface area contributed by atoms with Crippen molar-refractivity contribution in [2.24, 2.45) is 5.92 Å². The predicted octanol–water partition coefficient (Wildman–Crippen LogP) is 3.54. The number of hydrogen-bond acceptors (Lipinski definition) is 4. The number of nitrogens with one attached hydrogen (secondary N) is 2. The number of amides is 2. The van der Waals surface area contributed by atoms with E-state index in [9.17, 15) is 23.2 Å². The van der Waals surface area contributed by atoms with Crippen LogP contribution in [0.15, 0.2) is 30.3 Å². The quantitative estimate of drug-likeness (QED) is 0.624. The summed E-state index contributed by atoms with van der Waals surface area (Å²) in [6.07, 6.45) is 0.906. The number of benzene rings is 2. The normalized spacial score (nSPS) is 14.7. The molecule has 1 aliphatic rings. The van der Waals surface area contributed by atoms with Gasteiger partial charge in [-0.05, 0) is 76.0 Å². The fourth-order valence-corrected chi connectivity index (χ4v) is 4.26. The number of carbonyl (C=O) groups is 3. The highest BCUT2D eigenvalue weighted by molar-refractivity contribution is 5.98. The van der Waals surface area contributed by atoms with Crippen molar-refractivity contribution in [3.63, 3.8) is 0 Å². The van der Waals surface area contributed by atoms with E-state index in [0.717, 1.165) is 40.6 Å². The number of halogens is 2. The first-order chi connectivity index (χ1) is 15.6. The van der Waals surface area contributed by atoms with Crippen LogP contribution < -0.4 is 10.6 Å². The van der Waals surface area contributed by atoms with Gasteiger partial charge >= 0.3 is 0 Å². The minimum absolute atomic E-state index is 0.102. The molecule has 1 aliphatic heterocycles. The molecule has 1 fully saturated rings. The molecule has 176 valence electrons. The van der Waals surface area contributed by atoms with Crippen LogP contribution in [-0.4, -0.2) is 48.7 Å². The van der Waals surface area contributed by atoms with E-state index in [1.807, 2.05) is 37.8 Å². The van der Waals surface area contributed by atoms with Crippen LogP contribution in [0, 0.1) is 38.3 Å². The average molecular weight is 458 g/mol. The van der Waals surface area contributed by atoms with Crippen LogP contribution in [0.1, 0.15) is 39.9 Å². The highest BCUT2D eigenvalue weighted by Crippen LogP contribution is 2.24. The molecule has 0 aromatic heterocycles. The highest BCUT2D eigenvalue weighted by Gasteiger charge is 2.28. The molecule has 0 bridgehead atoms. The molecule has 0 aliphatic carbocycles. The van der Waals surface area contributed by atoms with Gasteiger partial charge in [-0.2, -0.15) is 0 Å². The van der Waals surface area contributed by atoms with Crippen molar-refractivity contribution < 1.29 is 23.2 Å². The minimum Gasteiger partial charge on any atom is -0.346 e. The molecule has 0 saturated carbocycles. The number of piperidine rings is 1. The first-order valence-electron chi connectivity index (χ1n) is 11.0. The number of carbonyl (C=O) groups excluding carboxylic acids is 3. The lowest BCUT2D eigenvalue weighted by Crippen LogP contribution is -2.44. The van der Waals surface area contributed by atoms with E-state index in [0.29, 0.717) is 25.9 Å². The summed E-state index contributed by atoms with van der Waals surface area (Å²) in [7, 11) is 0. The molecule has 0 atom stereocenters. The van der Waals surface area contributed by atoms with Crippen molar-refractivity contribution in [1.29, 1.82) is 0 Å². The van der Waals surface area contributed by atoms with Crippen LogP contribution in [0.2, 0.25) is 0 Å². The van der Waals surface area contributed by atoms with Gasteiger partial charge in [0.05, 0.1) is 18.7 Å². The summed E-state index contributed by atoms with van der Waals surface area (Å²) in [4.78, 5) is 39.0. The van der Waals surface area contributed by atoms with Crippen molar-refractivity contribution in [1.82, 2.24) is 10.2 Å². The Bertz CT molecular complexity index is 1040. The standard InChI is InChI=1S/C25H29F2N3O3/c1-15-10-16(2)24(17(3)11-15)29-22(31)13-28-23(32)14-30-8-6-18(7-9-30)25(33)20-12-19(26)4-5-21(20)27/h4-5,10-12,18H,6-9,13-14H2,1-3H3,(H,28,32)(H,29,31). The van der Waals surface area contributed by atoms with E-state index in [4.69, 9.17) is 0 Å². The zero-order valence-corrected chi connectivity index (χ0v) is 19.1. The monoisotopic (exact) mass is 457 g/mol. The van der Waals surface area contributed by atoms with Crippen LogP contribution in [-0.2, 0) is 9.59 Å². The topological polar surface area (TPSA) is 78.5 Å². The highest BCUT2D eigenvalue weighted by atomic mass is 19.1. The van der Waals surface area contributed by atoms with E-state index < -0.39 is 23.3 Å². The summed E-state index contributed by atoms with van der Waals surface area (Å²) in [5.41, 5.74) is 3.56. The molecule has 3 rings (SSSR count). The Morgan fingerprint density at radius 3 is 2.24 bits per heavy atom. The molecule has 0 spiro atoms. The average Bonchev–Trinajstić information content (AvgIpc) is 2.76. The minimum atomic E-state index is -0.725. The number of aryl methyl sites for hydroxylation is 3. The summed E-state index contributed by atoms with van der Waals surface area (Å²) in [6, 6.07) is 6.84. The van der Waals surface area contributed by atoms with E-state index in [-0.39, 0.29) is 30.5 Å². The third kappa shape index (κ3) is 6.44. The maximum atomic E-state index is 13.9. The van der Waals surface area contributed by atoms with Crippen molar-refractivity contribution in [2.75, 3.05) is 31.5 Å². The second-order valence-corrected chi connectivity index (χ2v) is 8.64. The van der Waals surface area contributed by atoms with Gasteiger partial charge < -0.3 is 10.6 Å². The number of Topliss-reactive ketones (excluding diaryl/α,β-unsaturated/α-hetero) is 1. The first kappa shape index (κ1) is 24.5. The van der Waals surface area contributed by atoms with Crippen molar-refractivity contribution in [3.05, 3.63) is 64.2 Å². The van der Waals surface area contributed by atoms with E-state index in [1.54, 1.807) is 0 Å². The van der Waals surface area contributed by atoms with Crippen LogP contribution in [0.25, 0.3) is 0 Å². The maximum Gasteiger partial charge on any atom is 0.243 e. The Labute approximate surface area is 192 Å². The van der Waals surface area contributed by atoms with E-state index in [2.05, 4.69) is 10.6 Å². The molecule has 0 radical (unpaired) electrons. The Morgan fingerprint density at radius 1 is 0.970 bits per heavy atom. The molecule has 2 aromatic rings. The fraction of sp³-hybridized carbons (Fsp3) is 0.400. The van der Waals surface area contributed by atoms with Gasteiger partial charge in [0.15, 0.2) is 5.78 Å². The lowest BCUT2D eigenvalue weighted by molar-refractivity contribution is -0.125. The molecule has 2 N–H and O–H groups in total. The molecular weight excluding hydrogens is 428 g/mol. The van der Waals surface area contributed by atoms with Crippen molar-refractivity contribution in [2.45, 2.75) is 33.6 Å². The zero-order chi connectivity index (χ0) is 24.1. The molecule has 2 amide bonds. The number of anilines is 1. The Hall–Kier alpha value is -3.13. The summed E-state index contributed by atoms with van der Waals surface area (Å²) in [6.45, 7) is 6.76. The second-order valence-electron chi connectivity index (χ2n) is 8.64. The third-order valence-corrected chi connectivity index (χ3v) is 5.91. The van der Waals surface area contributed by atoms with Gasteiger partial charge in [-0.15, -0.1) is 0 Å². The van der Waals surface area contributed by atoms with Gasteiger partial charge in [0.2, 0.25) is 11.8 Å². The van der Waals surface area contributed by atoms with Crippen molar-refractivity contribution in [3.8, 4) is 0 Å². The van der Waals surface area contributed by atoms with Crippen LogP contribution >= 0.6 is 0 Å². The molecule has 33 heavy (non-hydrogen) atoms. The predicted molar refractivity (Wildman–Crippen MR) is 122 cm³/mol. The van der Waals surface area contributed by atoms with Gasteiger partial charge in [-0.1, -0.05) is 17.7 Å². The Kier molecular flexibility index (Phi) is 7.92. The largest absolute Gasteiger partial charge is 0.346 e. The molecule has 1 heterocycles. The first-order valence-corrected chi connectivity index (χ1v) is 11.0. The Morgan fingerprint density at radius 2 is 1.61 bits per heavy atom. The van der Waals surface area contributed by atoms with Gasteiger partial charge in [-0.25, -0.2) is 8.78 Å². The van der Waals surface area contributed by atoms with Gasteiger partial charge in [0.25, 0.3) is 0 Å².